The molecule has 2 unspecified atom stereocenters. The first-order valence-electron chi connectivity index (χ1n) is 7.00. The number of morpholine rings is 1. The Hall–Kier alpha value is -1.11. The van der Waals surface area contributed by atoms with Gasteiger partial charge in [-0.2, -0.15) is 0 Å². The highest BCUT2D eigenvalue weighted by Gasteiger charge is 2.28. The summed E-state index contributed by atoms with van der Waals surface area (Å²) in [7, 11) is 0. The first-order chi connectivity index (χ1) is 10.1. The van der Waals surface area contributed by atoms with Crippen molar-refractivity contribution in [2.45, 2.75) is 25.5 Å². The first-order valence-corrected chi connectivity index (χ1v) is 7.79. The van der Waals surface area contributed by atoms with Crippen molar-refractivity contribution in [3.63, 3.8) is 0 Å². The fourth-order valence-electron chi connectivity index (χ4n) is 2.21. The van der Waals surface area contributed by atoms with E-state index in [1.807, 2.05) is 31.2 Å². The van der Waals surface area contributed by atoms with Crippen LogP contribution in [0.15, 0.2) is 28.7 Å². The molecule has 6 heteroatoms. The summed E-state index contributed by atoms with van der Waals surface area (Å²) in [4.78, 5) is 14.0. The predicted molar refractivity (Wildman–Crippen MR) is 82.3 cm³/mol. The van der Waals surface area contributed by atoms with Gasteiger partial charge in [0, 0.05) is 11.0 Å². The van der Waals surface area contributed by atoms with Crippen LogP contribution in [-0.2, 0) is 9.53 Å². The maximum absolute atomic E-state index is 12.2. The molecule has 0 spiro atoms. The van der Waals surface area contributed by atoms with Gasteiger partial charge < -0.3 is 19.5 Å². The number of rotatable bonds is 5. The minimum Gasteiger partial charge on any atom is -0.493 e. The highest BCUT2D eigenvalue weighted by atomic mass is 79.9. The third kappa shape index (κ3) is 4.69. The van der Waals surface area contributed by atoms with E-state index in [0.717, 1.165) is 10.2 Å². The lowest BCUT2D eigenvalue weighted by molar-refractivity contribution is -0.146. The SMILES string of the molecule is CC1COC(CO)CN1C(=O)CCOc1ccc(Br)cc1. The minimum atomic E-state index is -0.280. The monoisotopic (exact) mass is 357 g/mol. The summed E-state index contributed by atoms with van der Waals surface area (Å²) in [5, 5.41) is 9.13. The Morgan fingerprint density at radius 1 is 1.48 bits per heavy atom. The summed E-state index contributed by atoms with van der Waals surface area (Å²) >= 11 is 3.36. The molecule has 1 heterocycles. The van der Waals surface area contributed by atoms with E-state index in [-0.39, 0.29) is 24.7 Å². The molecule has 0 aromatic heterocycles. The van der Waals surface area contributed by atoms with Crippen molar-refractivity contribution in [2.24, 2.45) is 0 Å². The van der Waals surface area contributed by atoms with Gasteiger partial charge in [0.05, 0.1) is 38.4 Å². The van der Waals surface area contributed by atoms with Crippen LogP contribution >= 0.6 is 15.9 Å². The average Bonchev–Trinajstić information content (AvgIpc) is 2.49. The fraction of sp³-hybridized carbons (Fsp3) is 0.533. The molecule has 0 radical (unpaired) electrons. The van der Waals surface area contributed by atoms with Crippen LogP contribution < -0.4 is 4.74 Å². The quantitative estimate of drug-likeness (QED) is 0.873. The number of ether oxygens (including phenoxy) is 2. The predicted octanol–water partition coefficient (Wildman–Crippen LogP) is 1.83. The van der Waals surface area contributed by atoms with Crippen LogP contribution in [0.2, 0.25) is 0 Å². The number of halogens is 1. The van der Waals surface area contributed by atoms with Crippen molar-refractivity contribution in [2.75, 3.05) is 26.4 Å². The Labute approximate surface area is 133 Å². The van der Waals surface area contributed by atoms with Gasteiger partial charge >= 0.3 is 0 Å². The molecule has 21 heavy (non-hydrogen) atoms. The lowest BCUT2D eigenvalue weighted by Gasteiger charge is -2.37. The number of carbonyl (C=O) groups is 1. The third-order valence-corrected chi connectivity index (χ3v) is 3.96. The van der Waals surface area contributed by atoms with E-state index in [2.05, 4.69) is 15.9 Å². The van der Waals surface area contributed by atoms with Gasteiger partial charge in [0.1, 0.15) is 5.75 Å². The molecule has 1 aliphatic rings. The van der Waals surface area contributed by atoms with E-state index in [1.54, 1.807) is 4.90 Å². The molecule has 0 bridgehead atoms. The van der Waals surface area contributed by atoms with Gasteiger partial charge in [-0.25, -0.2) is 0 Å². The van der Waals surface area contributed by atoms with Crippen LogP contribution in [0.5, 0.6) is 5.75 Å². The summed E-state index contributed by atoms with van der Waals surface area (Å²) in [5.41, 5.74) is 0. The van der Waals surface area contributed by atoms with Gasteiger partial charge in [0.15, 0.2) is 0 Å². The number of carbonyl (C=O) groups excluding carboxylic acids is 1. The molecule has 1 aromatic rings. The third-order valence-electron chi connectivity index (χ3n) is 3.43. The summed E-state index contributed by atoms with van der Waals surface area (Å²) in [6.07, 6.45) is 0.0380. The number of benzene rings is 1. The Bertz CT molecular complexity index is 465. The lowest BCUT2D eigenvalue weighted by Crippen LogP contribution is -2.52. The number of hydrogen-bond acceptors (Lipinski definition) is 4. The molecule has 2 atom stereocenters. The number of aliphatic hydroxyl groups is 1. The van der Waals surface area contributed by atoms with Crippen molar-refractivity contribution >= 4 is 21.8 Å². The van der Waals surface area contributed by atoms with E-state index < -0.39 is 0 Å². The van der Waals surface area contributed by atoms with E-state index >= 15 is 0 Å². The highest BCUT2D eigenvalue weighted by molar-refractivity contribution is 9.10. The standard InChI is InChI=1S/C15H20BrNO4/c1-11-10-21-14(9-18)8-17(11)15(19)6-7-20-13-4-2-12(16)3-5-13/h2-5,11,14,18H,6-10H2,1H3. The molecule has 1 saturated heterocycles. The summed E-state index contributed by atoms with van der Waals surface area (Å²) in [5.74, 6) is 0.774. The zero-order chi connectivity index (χ0) is 15.2. The normalized spacial score (nSPS) is 22.1. The van der Waals surface area contributed by atoms with Crippen molar-refractivity contribution in [1.29, 1.82) is 0 Å². The van der Waals surface area contributed by atoms with Gasteiger partial charge in [0.2, 0.25) is 5.91 Å². The first kappa shape index (κ1) is 16.3. The molecule has 1 fully saturated rings. The average molecular weight is 358 g/mol. The molecule has 2 rings (SSSR count). The molecule has 1 aromatic carbocycles. The summed E-state index contributed by atoms with van der Waals surface area (Å²) < 4.78 is 12.0. The van der Waals surface area contributed by atoms with Crippen molar-refractivity contribution in [3.8, 4) is 5.75 Å². The second kappa shape index (κ2) is 7.77. The zero-order valence-corrected chi connectivity index (χ0v) is 13.6. The van der Waals surface area contributed by atoms with Crippen LogP contribution in [0.3, 0.4) is 0 Å². The molecule has 5 nitrogen and oxygen atoms in total. The van der Waals surface area contributed by atoms with E-state index in [4.69, 9.17) is 14.6 Å². The molecular weight excluding hydrogens is 338 g/mol. The molecule has 0 saturated carbocycles. The van der Waals surface area contributed by atoms with Gasteiger partial charge in [0.25, 0.3) is 0 Å². The van der Waals surface area contributed by atoms with Gasteiger partial charge in [-0.1, -0.05) is 15.9 Å². The summed E-state index contributed by atoms with van der Waals surface area (Å²) in [6.45, 7) is 3.13. The molecule has 1 aliphatic heterocycles. The van der Waals surface area contributed by atoms with Crippen LogP contribution in [0.1, 0.15) is 13.3 Å². The van der Waals surface area contributed by atoms with Crippen LogP contribution in [-0.4, -0.2) is 54.4 Å². The second-order valence-corrected chi connectivity index (χ2v) is 6.00. The molecule has 116 valence electrons. The van der Waals surface area contributed by atoms with Crippen molar-refractivity contribution in [3.05, 3.63) is 28.7 Å². The molecule has 1 amide bonds. The fourth-order valence-corrected chi connectivity index (χ4v) is 2.47. The Balaban J connectivity index is 1.79. The van der Waals surface area contributed by atoms with Crippen molar-refractivity contribution in [1.82, 2.24) is 4.90 Å². The number of nitrogens with zero attached hydrogens (tertiary/aromatic N) is 1. The van der Waals surface area contributed by atoms with E-state index in [9.17, 15) is 4.79 Å². The van der Waals surface area contributed by atoms with E-state index in [0.29, 0.717) is 26.2 Å². The second-order valence-electron chi connectivity index (χ2n) is 5.09. The molecule has 0 aliphatic carbocycles. The maximum Gasteiger partial charge on any atom is 0.226 e. The Morgan fingerprint density at radius 3 is 2.86 bits per heavy atom. The smallest absolute Gasteiger partial charge is 0.226 e. The summed E-state index contributed by atoms with van der Waals surface area (Å²) in [6, 6.07) is 7.54. The van der Waals surface area contributed by atoms with Crippen molar-refractivity contribution < 1.29 is 19.4 Å². The Morgan fingerprint density at radius 2 is 2.19 bits per heavy atom. The number of hydrogen-bond donors (Lipinski definition) is 1. The molecular formula is C15H20BrNO4. The van der Waals surface area contributed by atoms with Gasteiger partial charge in [-0.05, 0) is 31.2 Å². The van der Waals surface area contributed by atoms with Gasteiger partial charge in [-0.15, -0.1) is 0 Å². The topological polar surface area (TPSA) is 59.0 Å². The number of amides is 1. The van der Waals surface area contributed by atoms with Crippen LogP contribution in [0.4, 0.5) is 0 Å². The lowest BCUT2D eigenvalue weighted by atomic mass is 10.2. The highest BCUT2D eigenvalue weighted by Crippen LogP contribution is 2.17. The minimum absolute atomic E-state index is 0.0290. The number of aliphatic hydroxyl groups excluding tert-OH is 1. The van der Waals surface area contributed by atoms with Gasteiger partial charge in [-0.3, -0.25) is 4.79 Å². The zero-order valence-electron chi connectivity index (χ0n) is 12.0. The largest absolute Gasteiger partial charge is 0.493 e. The maximum atomic E-state index is 12.2. The van der Waals surface area contributed by atoms with Crippen LogP contribution in [0.25, 0.3) is 0 Å². The Kier molecular flexibility index (Phi) is 6.02. The van der Waals surface area contributed by atoms with E-state index in [1.165, 1.54) is 0 Å². The van der Waals surface area contributed by atoms with Crippen LogP contribution in [0, 0.1) is 0 Å². The molecule has 1 N–H and O–H groups in total.